The fourth-order valence-electron chi connectivity index (χ4n) is 2.91. The van der Waals surface area contributed by atoms with Gasteiger partial charge >= 0.3 is 5.97 Å². The molecule has 1 unspecified atom stereocenters. The quantitative estimate of drug-likeness (QED) is 0.415. The molecular formula is C25H25ClO3. The lowest BCUT2D eigenvalue weighted by molar-refractivity contribution is -0.162. The van der Waals surface area contributed by atoms with Crippen LogP contribution < -0.4 is 4.74 Å². The molecule has 0 radical (unpaired) electrons. The van der Waals surface area contributed by atoms with Crippen LogP contribution >= 0.6 is 11.6 Å². The van der Waals surface area contributed by atoms with E-state index in [0.717, 1.165) is 22.6 Å². The van der Waals surface area contributed by atoms with Crippen LogP contribution in [0.3, 0.4) is 0 Å². The van der Waals surface area contributed by atoms with E-state index >= 15 is 0 Å². The van der Waals surface area contributed by atoms with Crippen LogP contribution in [0.2, 0.25) is 5.02 Å². The summed E-state index contributed by atoms with van der Waals surface area (Å²) in [7, 11) is 0. The first kappa shape index (κ1) is 20.9. The van der Waals surface area contributed by atoms with E-state index in [2.05, 4.69) is 0 Å². The van der Waals surface area contributed by atoms with Crippen LogP contribution in [-0.4, -0.2) is 11.6 Å². The molecule has 0 aliphatic heterocycles. The van der Waals surface area contributed by atoms with Crippen molar-refractivity contribution in [3.63, 3.8) is 0 Å². The summed E-state index contributed by atoms with van der Waals surface area (Å²) in [6.45, 7) is 3.92. The predicted octanol–water partition coefficient (Wildman–Crippen LogP) is 6.22. The number of carbonyl (C=O) groups is 1. The lowest BCUT2D eigenvalue weighted by atomic mass is 10.0. The number of halogens is 1. The van der Waals surface area contributed by atoms with Crippen molar-refractivity contribution < 1.29 is 14.3 Å². The second kappa shape index (κ2) is 9.62. The summed E-state index contributed by atoms with van der Waals surface area (Å²) in [6, 6.07) is 25.2. The van der Waals surface area contributed by atoms with Crippen molar-refractivity contribution in [3.05, 3.63) is 101 Å². The molecule has 3 aromatic rings. The number of esters is 1. The molecule has 3 rings (SSSR count). The monoisotopic (exact) mass is 408 g/mol. The van der Waals surface area contributed by atoms with Crippen molar-refractivity contribution in [2.75, 3.05) is 0 Å². The zero-order valence-electron chi connectivity index (χ0n) is 16.7. The van der Waals surface area contributed by atoms with Gasteiger partial charge in [-0.2, -0.15) is 0 Å². The second-order valence-electron chi connectivity index (χ2n) is 7.20. The standard InChI is InChI=1S/C25H25ClO3/c1-3-25(2,24(27)28-18-21-7-5-4-6-8-21)29-23-15-11-20(12-16-23)17-19-9-13-22(26)14-10-19/h4-16H,3,17-18H2,1-2H3. The Balaban J connectivity index is 1.61. The van der Waals surface area contributed by atoms with E-state index in [0.29, 0.717) is 12.2 Å². The van der Waals surface area contributed by atoms with Gasteiger partial charge < -0.3 is 9.47 Å². The van der Waals surface area contributed by atoms with Gasteiger partial charge in [0.05, 0.1) is 0 Å². The van der Waals surface area contributed by atoms with Crippen LogP contribution in [0.1, 0.15) is 37.0 Å². The van der Waals surface area contributed by atoms with Gasteiger partial charge in [-0.25, -0.2) is 4.79 Å². The Morgan fingerprint density at radius 3 is 2.03 bits per heavy atom. The molecule has 3 nitrogen and oxygen atoms in total. The van der Waals surface area contributed by atoms with Gasteiger partial charge in [0.15, 0.2) is 0 Å². The number of hydrogen-bond donors (Lipinski definition) is 0. The van der Waals surface area contributed by atoms with Gasteiger partial charge in [0.1, 0.15) is 12.4 Å². The van der Waals surface area contributed by atoms with Crippen molar-refractivity contribution >= 4 is 17.6 Å². The molecule has 0 bridgehead atoms. The SMILES string of the molecule is CCC(C)(Oc1ccc(Cc2ccc(Cl)cc2)cc1)C(=O)OCc1ccccc1. The summed E-state index contributed by atoms with van der Waals surface area (Å²) in [5, 5.41) is 0.732. The fourth-order valence-corrected chi connectivity index (χ4v) is 3.03. The molecule has 29 heavy (non-hydrogen) atoms. The van der Waals surface area contributed by atoms with E-state index < -0.39 is 5.60 Å². The molecule has 4 heteroatoms. The number of carbonyl (C=O) groups excluding carboxylic acids is 1. The molecular weight excluding hydrogens is 384 g/mol. The Morgan fingerprint density at radius 2 is 1.45 bits per heavy atom. The maximum Gasteiger partial charge on any atom is 0.350 e. The minimum atomic E-state index is -1.04. The Labute approximate surface area is 177 Å². The summed E-state index contributed by atoms with van der Waals surface area (Å²) >= 11 is 5.94. The number of ether oxygens (including phenoxy) is 2. The van der Waals surface area contributed by atoms with Gasteiger partial charge in [0.2, 0.25) is 5.60 Å². The molecule has 0 heterocycles. The Morgan fingerprint density at radius 1 is 0.862 bits per heavy atom. The van der Waals surface area contributed by atoms with E-state index in [1.165, 1.54) is 5.56 Å². The first-order valence-corrected chi connectivity index (χ1v) is 10.1. The number of benzene rings is 3. The largest absolute Gasteiger partial charge is 0.476 e. The highest BCUT2D eigenvalue weighted by molar-refractivity contribution is 6.30. The predicted molar refractivity (Wildman–Crippen MR) is 116 cm³/mol. The van der Waals surface area contributed by atoms with Crippen molar-refractivity contribution in [2.45, 2.75) is 38.9 Å². The third-order valence-corrected chi connectivity index (χ3v) is 5.16. The fraction of sp³-hybridized carbons (Fsp3) is 0.240. The molecule has 0 aliphatic rings. The molecule has 1 atom stereocenters. The lowest BCUT2D eigenvalue weighted by Gasteiger charge is -2.27. The summed E-state index contributed by atoms with van der Waals surface area (Å²) in [4.78, 5) is 12.7. The van der Waals surface area contributed by atoms with Gasteiger partial charge in [-0.3, -0.25) is 0 Å². The zero-order valence-corrected chi connectivity index (χ0v) is 17.5. The van der Waals surface area contributed by atoms with E-state index in [1.54, 1.807) is 6.92 Å². The van der Waals surface area contributed by atoms with Crippen LogP contribution in [0.25, 0.3) is 0 Å². The van der Waals surface area contributed by atoms with Crippen LogP contribution in [0.5, 0.6) is 5.75 Å². The van der Waals surface area contributed by atoms with E-state index in [9.17, 15) is 4.79 Å². The third kappa shape index (κ3) is 5.85. The van der Waals surface area contributed by atoms with Crippen LogP contribution in [0.15, 0.2) is 78.9 Å². The Kier molecular flexibility index (Phi) is 6.95. The average Bonchev–Trinajstić information content (AvgIpc) is 2.75. The molecule has 3 aromatic carbocycles. The van der Waals surface area contributed by atoms with Crippen molar-refractivity contribution in [1.82, 2.24) is 0 Å². The smallest absolute Gasteiger partial charge is 0.350 e. The highest BCUT2D eigenvalue weighted by Gasteiger charge is 2.35. The molecule has 0 N–H and O–H groups in total. The summed E-state index contributed by atoms with van der Waals surface area (Å²) < 4.78 is 11.5. The lowest BCUT2D eigenvalue weighted by Crippen LogP contribution is -2.42. The van der Waals surface area contributed by atoms with Crippen LogP contribution in [0, 0.1) is 0 Å². The second-order valence-corrected chi connectivity index (χ2v) is 7.63. The van der Waals surface area contributed by atoms with E-state index in [4.69, 9.17) is 21.1 Å². The zero-order chi connectivity index (χ0) is 20.7. The first-order valence-electron chi connectivity index (χ1n) is 9.72. The minimum Gasteiger partial charge on any atom is -0.476 e. The van der Waals surface area contributed by atoms with E-state index in [1.807, 2.05) is 85.8 Å². The van der Waals surface area contributed by atoms with Crippen LogP contribution in [-0.2, 0) is 22.6 Å². The van der Waals surface area contributed by atoms with Gasteiger partial charge in [0.25, 0.3) is 0 Å². The number of rotatable bonds is 8. The van der Waals surface area contributed by atoms with E-state index in [-0.39, 0.29) is 12.6 Å². The average molecular weight is 409 g/mol. The molecule has 0 amide bonds. The topological polar surface area (TPSA) is 35.5 Å². The molecule has 0 saturated heterocycles. The molecule has 0 fully saturated rings. The third-order valence-electron chi connectivity index (χ3n) is 4.91. The summed E-state index contributed by atoms with van der Waals surface area (Å²) in [5.41, 5.74) is 2.26. The maximum absolute atomic E-state index is 12.7. The molecule has 0 spiro atoms. The normalized spacial score (nSPS) is 12.8. The van der Waals surface area contributed by atoms with Crippen molar-refractivity contribution in [1.29, 1.82) is 0 Å². The highest BCUT2D eigenvalue weighted by atomic mass is 35.5. The van der Waals surface area contributed by atoms with Crippen molar-refractivity contribution in [3.8, 4) is 5.75 Å². The molecule has 0 saturated carbocycles. The molecule has 0 aromatic heterocycles. The van der Waals surface area contributed by atoms with Gasteiger partial charge in [-0.15, -0.1) is 0 Å². The summed E-state index contributed by atoms with van der Waals surface area (Å²) in [5.74, 6) is 0.278. The summed E-state index contributed by atoms with van der Waals surface area (Å²) in [6.07, 6.45) is 1.31. The van der Waals surface area contributed by atoms with Crippen molar-refractivity contribution in [2.24, 2.45) is 0 Å². The molecule has 0 aliphatic carbocycles. The number of hydrogen-bond acceptors (Lipinski definition) is 3. The van der Waals surface area contributed by atoms with Gasteiger partial charge in [-0.1, -0.05) is 73.1 Å². The molecule has 150 valence electrons. The Hall–Kier alpha value is -2.78. The Bertz CT molecular complexity index is 921. The maximum atomic E-state index is 12.7. The highest BCUT2D eigenvalue weighted by Crippen LogP contribution is 2.24. The minimum absolute atomic E-state index is 0.235. The first-order chi connectivity index (χ1) is 14.0. The van der Waals surface area contributed by atoms with Crippen LogP contribution in [0.4, 0.5) is 0 Å². The van der Waals surface area contributed by atoms with Gasteiger partial charge in [0, 0.05) is 5.02 Å². The van der Waals surface area contributed by atoms with Gasteiger partial charge in [-0.05, 0) is 60.7 Å².